The number of rotatable bonds is 5. The van der Waals surface area contributed by atoms with Crippen LogP contribution in [0.1, 0.15) is 18.4 Å². The molecule has 2 aliphatic rings. The molecule has 7 nitrogen and oxygen atoms in total. The van der Waals surface area contributed by atoms with E-state index < -0.39 is 12.1 Å². The summed E-state index contributed by atoms with van der Waals surface area (Å²) in [6.07, 6.45) is -3.57. The third-order valence-electron chi connectivity index (χ3n) is 5.08. The molecule has 1 amide bonds. The SMILES string of the molecule is O=C(CN1CCC2(CC1)N=C(c1ccc(OC(F)(F)F)cc1)NO2)Nc1ccccc1. The van der Waals surface area contributed by atoms with Crippen LogP contribution in [0.3, 0.4) is 0 Å². The van der Waals surface area contributed by atoms with Crippen molar-refractivity contribution in [2.45, 2.75) is 24.9 Å². The topological polar surface area (TPSA) is 75.2 Å². The Kier molecular flexibility index (Phi) is 5.84. The number of benzene rings is 2. The first-order chi connectivity index (χ1) is 14.8. The largest absolute Gasteiger partial charge is 0.573 e. The highest BCUT2D eigenvalue weighted by molar-refractivity contribution is 5.99. The zero-order valence-electron chi connectivity index (χ0n) is 16.5. The van der Waals surface area contributed by atoms with Gasteiger partial charge in [0.1, 0.15) is 5.75 Å². The molecule has 0 bridgehead atoms. The van der Waals surface area contributed by atoms with Crippen LogP contribution in [0.4, 0.5) is 18.9 Å². The van der Waals surface area contributed by atoms with Crippen molar-refractivity contribution in [3.8, 4) is 5.75 Å². The van der Waals surface area contributed by atoms with Crippen molar-refractivity contribution in [2.75, 3.05) is 25.0 Å². The van der Waals surface area contributed by atoms with E-state index in [1.807, 2.05) is 35.2 Å². The van der Waals surface area contributed by atoms with Gasteiger partial charge in [0.05, 0.1) is 6.54 Å². The number of para-hydroxylation sites is 1. The number of amidine groups is 1. The van der Waals surface area contributed by atoms with Crippen LogP contribution < -0.4 is 15.5 Å². The van der Waals surface area contributed by atoms with Crippen LogP contribution in [0.15, 0.2) is 59.6 Å². The first-order valence-electron chi connectivity index (χ1n) is 9.78. The second-order valence-corrected chi connectivity index (χ2v) is 7.37. The Bertz CT molecular complexity index is 941. The highest BCUT2D eigenvalue weighted by atomic mass is 19.4. The van der Waals surface area contributed by atoms with Gasteiger partial charge in [-0.15, -0.1) is 13.2 Å². The Morgan fingerprint density at radius 3 is 2.45 bits per heavy atom. The van der Waals surface area contributed by atoms with E-state index in [4.69, 9.17) is 4.84 Å². The maximum Gasteiger partial charge on any atom is 0.573 e. The summed E-state index contributed by atoms with van der Waals surface area (Å²) >= 11 is 0. The molecule has 164 valence electrons. The molecule has 0 aromatic heterocycles. The van der Waals surface area contributed by atoms with E-state index in [0.717, 1.165) is 5.69 Å². The van der Waals surface area contributed by atoms with E-state index in [1.54, 1.807) is 0 Å². The minimum atomic E-state index is -4.73. The van der Waals surface area contributed by atoms with Crippen molar-refractivity contribution in [1.82, 2.24) is 10.4 Å². The van der Waals surface area contributed by atoms with Crippen LogP contribution in [-0.2, 0) is 9.63 Å². The normalized spacial score (nSPS) is 18.4. The lowest BCUT2D eigenvalue weighted by molar-refractivity contribution is -0.274. The van der Waals surface area contributed by atoms with Crippen molar-refractivity contribution in [2.24, 2.45) is 4.99 Å². The summed E-state index contributed by atoms with van der Waals surface area (Å²) in [4.78, 5) is 24.6. The van der Waals surface area contributed by atoms with Gasteiger partial charge in [-0.05, 0) is 36.4 Å². The number of hydroxylamine groups is 1. The molecule has 0 saturated carbocycles. The zero-order valence-corrected chi connectivity index (χ0v) is 16.5. The second kappa shape index (κ2) is 8.56. The number of piperidine rings is 1. The molecule has 1 fully saturated rings. The van der Waals surface area contributed by atoms with Gasteiger partial charge in [0.25, 0.3) is 0 Å². The number of alkyl halides is 3. The molecule has 1 spiro atoms. The van der Waals surface area contributed by atoms with E-state index >= 15 is 0 Å². The monoisotopic (exact) mass is 434 g/mol. The van der Waals surface area contributed by atoms with Gasteiger partial charge in [-0.3, -0.25) is 9.69 Å². The van der Waals surface area contributed by atoms with E-state index in [9.17, 15) is 18.0 Å². The van der Waals surface area contributed by atoms with E-state index in [2.05, 4.69) is 20.5 Å². The first kappa shape index (κ1) is 21.1. The number of halogens is 3. The molecule has 2 N–H and O–H groups in total. The van der Waals surface area contributed by atoms with Gasteiger partial charge in [0, 0.05) is 37.2 Å². The molecule has 2 aliphatic heterocycles. The molecular formula is C21H21F3N4O3. The first-order valence-corrected chi connectivity index (χ1v) is 9.78. The van der Waals surface area contributed by atoms with Gasteiger partial charge < -0.3 is 10.1 Å². The zero-order chi connectivity index (χ0) is 21.9. The minimum Gasteiger partial charge on any atom is -0.406 e. The van der Waals surface area contributed by atoms with Gasteiger partial charge in [-0.1, -0.05) is 18.2 Å². The van der Waals surface area contributed by atoms with Crippen LogP contribution in [-0.4, -0.2) is 48.4 Å². The smallest absolute Gasteiger partial charge is 0.406 e. The van der Waals surface area contributed by atoms with Gasteiger partial charge in [-0.2, -0.15) is 0 Å². The summed E-state index contributed by atoms with van der Waals surface area (Å²) in [5.41, 5.74) is 3.38. The minimum absolute atomic E-state index is 0.0852. The van der Waals surface area contributed by atoms with Crippen molar-refractivity contribution in [1.29, 1.82) is 0 Å². The van der Waals surface area contributed by atoms with Crippen LogP contribution in [0, 0.1) is 0 Å². The Morgan fingerprint density at radius 2 is 1.81 bits per heavy atom. The fourth-order valence-electron chi connectivity index (χ4n) is 3.53. The van der Waals surface area contributed by atoms with Crippen molar-refractivity contribution in [3.63, 3.8) is 0 Å². The molecule has 4 rings (SSSR count). The fraction of sp³-hybridized carbons (Fsp3) is 0.333. The number of anilines is 1. The van der Waals surface area contributed by atoms with E-state index in [-0.39, 0.29) is 18.2 Å². The molecule has 0 atom stereocenters. The van der Waals surface area contributed by atoms with Gasteiger partial charge in [0.2, 0.25) is 5.91 Å². The molecule has 0 unspecified atom stereocenters. The fourth-order valence-corrected chi connectivity index (χ4v) is 3.53. The van der Waals surface area contributed by atoms with Crippen molar-refractivity contribution < 1.29 is 27.5 Å². The third-order valence-corrected chi connectivity index (χ3v) is 5.08. The van der Waals surface area contributed by atoms with Crippen LogP contribution in [0.25, 0.3) is 0 Å². The van der Waals surface area contributed by atoms with Gasteiger partial charge in [0.15, 0.2) is 11.6 Å². The molecule has 31 heavy (non-hydrogen) atoms. The molecule has 1 saturated heterocycles. The lowest BCUT2D eigenvalue weighted by atomic mass is 10.0. The summed E-state index contributed by atoms with van der Waals surface area (Å²) in [5.74, 6) is 0.0689. The summed E-state index contributed by atoms with van der Waals surface area (Å²) in [5, 5.41) is 2.87. The van der Waals surface area contributed by atoms with Crippen molar-refractivity contribution in [3.05, 3.63) is 60.2 Å². The van der Waals surface area contributed by atoms with E-state index in [0.29, 0.717) is 37.3 Å². The Balaban J connectivity index is 1.31. The standard InChI is InChI=1S/C21H21F3N4O3/c22-21(23,24)30-17-8-6-15(7-9-17)19-26-20(31-27-19)10-12-28(13-11-20)14-18(29)25-16-4-2-1-3-5-16/h1-9H,10-14H2,(H,25,29)(H,26,27). The molecule has 10 heteroatoms. The third kappa shape index (κ3) is 5.53. The molecule has 2 aromatic carbocycles. The number of hydrogen-bond acceptors (Lipinski definition) is 6. The van der Waals surface area contributed by atoms with Gasteiger partial charge in [-0.25, -0.2) is 15.3 Å². The van der Waals surface area contributed by atoms with Crippen LogP contribution in [0.2, 0.25) is 0 Å². The van der Waals surface area contributed by atoms with Gasteiger partial charge >= 0.3 is 6.36 Å². The lowest BCUT2D eigenvalue weighted by Gasteiger charge is -2.35. The maximum atomic E-state index is 12.3. The predicted octanol–water partition coefficient (Wildman–Crippen LogP) is 3.30. The molecule has 0 aliphatic carbocycles. The van der Waals surface area contributed by atoms with Crippen LogP contribution in [0.5, 0.6) is 5.75 Å². The molecule has 0 radical (unpaired) electrons. The lowest BCUT2D eigenvalue weighted by Crippen LogP contribution is -2.46. The maximum absolute atomic E-state index is 12.3. The second-order valence-electron chi connectivity index (χ2n) is 7.37. The summed E-state index contributed by atoms with van der Waals surface area (Å²) in [6, 6.07) is 14.7. The number of aliphatic imine (C=N–C) groups is 1. The highest BCUT2D eigenvalue weighted by Gasteiger charge is 2.40. The highest BCUT2D eigenvalue weighted by Crippen LogP contribution is 2.31. The average Bonchev–Trinajstić information content (AvgIpc) is 3.14. The Morgan fingerprint density at radius 1 is 1.13 bits per heavy atom. The summed E-state index contributed by atoms with van der Waals surface area (Å²) in [7, 11) is 0. The molecular weight excluding hydrogens is 413 g/mol. The number of carbonyl (C=O) groups excluding carboxylic acids is 1. The number of hydrogen-bond donors (Lipinski definition) is 2. The number of likely N-dealkylation sites (tertiary alicyclic amines) is 1. The predicted molar refractivity (Wildman–Crippen MR) is 107 cm³/mol. The number of carbonyl (C=O) groups is 1. The number of nitrogens with zero attached hydrogens (tertiary/aromatic N) is 2. The van der Waals surface area contributed by atoms with E-state index in [1.165, 1.54) is 24.3 Å². The number of nitrogens with one attached hydrogen (secondary N) is 2. The quantitative estimate of drug-likeness (QED) is 0.756. The number of amides is 1. The van der Waals surface area contributed by atoms with Crippen LogP contribution >= 0.6 is 0 Å². The summed E-state index contributed by atoms with van der Waals surface area (Å²) in [6.45, 7) is 1.52. The Hall–Kier alpha value is -3.11. The molecule has 2 heterocycles. The Labute approximate surface area is 176 Å². The average molecular weight is 434 g/mol. The molecule has 2 aromatic rings. The summed E-state index contributed by atoms with van der Waals surface area (Å²) < 4.78 is 40.8. The number of ether oxygens (including phenoxy) is 1. The van der Waals surface area contributed by atoms with Crippen molar-refractivity contribution >= 4 is 17.4 Å².